The number of hydrogen-bond acceptors (Lipinski definition) is 4. The van der Waals surface area contributed by atoms with Crippen molar-refractivity contribution in [1.29, 1.82) is 0 Å². The van der Waals surface area contributed by atoms with E-state index in [0.717, 1.165) is 37.7 Å². The number of carboxylic acid groups (broad SMARTS) is 1. The van der Waals surface area contributed by atoms with Crippen LogP contribution in [-0.4, -0.2) is 19.8 Å². The predicted octanol–water partition coefficient (Wildman–Crippen LogP) is 5.95. The summed E-state index contributed by atoms with van der Waals surface area (Å²) in [5, 5.41) is 16.5. The number of allylic oxidation sites excluding steroid dienone is 1. The first-order valence-corrected chi connectivity index (χ1v) is 10.7. The number of benzene rings is 5. The van der Waals surface area contributed by atoms with Gasteiger partial charge in [-0.15, -0.1) is 6.58 Å². The second-order valence-electron chi connectivity index (χ2n) is 7.06. The molecule has 0 aliphatic rings. The highest BCUT2D eigenvalue weighted by atomic mass is 32.2. The van der Waals surface area contributed by atoms with E-state index in [-0.39, 0.29) is 6.42 Å². The van der Waals surface area contributed by atoms with Gasteiger partial charge >= 0.3 is 5.97 Å². The Morgan fingerprint density at radius 2 is 1.48 bits per heavy atom. The molecule has 0 aliphatic heterocycles. The van der Waals surface area contributed by atoms with Crippen LogP contribution >= 0.6 is 0 Å². The molecular weight excluding hydrogens is 412 g/mol. The molecule has 0 aromatic heterocycles. The minimum atomic E-state index is -2.61. The van der Waals surface area contributed by atoms with E-state index in [9.17, 15) is 13.6 Å². The molecule has 31 heavy (non-hydrogen) atoms. The number of fused-ring (bicyclic) bond motifs is 2. The summed E-state index contributed by atoms with van der Waals surface area (Å²) in [6.45, 7) is 3.37. The third-order valence-corrected chi connectivity index (χ3v) is 5.51. The molecule has 1 atom stereocenters. The molecule has 0 amide bonds. The molecule has 1 unspecified atom stereocenters. The third kappa shape index (κ3) is 3.95. The Kier molecular flexibility index (Phi) is 5.84. The first-order valence-electron chi connectivity index (χ1n) is 9.69. The summed E-state index contributed by atoms with van der Waals surface area (Å²) in [5.74, 6) is -0.398. The average molecular weight is 431 g/mol. The lowest BCUT2D eigenvalue weighted by Gasteiger charge is -2.17. The Hall–Kier alpha value is -3.48. The lowest BCUT2D eigenvalue weighted by atomic mass is 9.89. The smallest absolute Gasteiger partial charge is 0.303 e. The van der Waals surface area contributed by atoms with Gasteiger partial charge in [0, 0.05) is 17.2 Å². The molecule has 6 heteroatoms. The van der Waals surface area contributed by atoms with Gasteiger partial charge < -0.3 is 13.8 Å². The summed E-state index contributed by atoms with van der Waals surface area (Å²) in [5.41, 5.74) is 0. The van der Waals surface area contributed by atoms with Gasteiger partial charge in [0.05, 0.1) is 0 Å². The van der Waals surface area contributed by atoms with Gasteiger partial charge in [-0.05, 0) is 44.8 Å². The van der Waals surface area contributed by atoms with Gasteiger partial charge in [0.1, 0.15) is 17.1 Å². The van der Waals surface area contributed by atoms with E-state index in [1.54, 1.807) is 12.1 Å². The van der Waals surface area contributed by atoms with E-state index >= 15 is 0 Å². The van der Waals surface area contributed by atoms with Crippen molar-refractivity contribution in [2.24, 2.45) is 0 Å². The number of hydrogen-bond donors (Lipinski definition) is 1. The maximum atomic E-state index is 11.1. The molecule has 5 aromatic rings. The van der Waals surface area contributed by atoms with Crippen LogP contribution in [0.5, 0.6) is 5.75 Å². The fraction of sp³-hybridized carbons (Fsp3) is 0.0800. The summed E-state index contributed by atoms with van der Waals surface area (Å²) in [6.07, 6.45) is 2.35. The normalized spacial score (nSPS) is 12.0. The van der Waals surface area contributed by atoms with Crippen LogP contribution in [0.15, 0.2) is 79.4 Å². The van der Waals surface area contributed by atoms with Crippen LogP contribution in [0, 0.1) is 0 Å². The summed E-state index contributed by atoms with van der Waals surface area (Å²) in [7, 11) is 0. The fourth-order valence-electron chi connectivity index (χ4n) is 3.99. The zero-order valence-electron chi connectivity index (χ0n) is 16.5. The van der Waals surface area contributed by atoms with E-state index in [4.69, 9.17) is 9.29 Å². The van der Waals surface area contributed by atoms with E-state index < -0.39 is 17.3 Å². The second kappa shape index (κ2) is 8.71. The Balaban J connectivity index is 0.000000289. The maximum absolute atomic E-state index is 11.1. The molecule has 156 valence electrons. The minimum Gasteiger partial charge on any atom is -0.740 e. The van der Waals surface area contributed by atoms with Crippen LogP contribution in [0.25, 0.3) is 43.1 Å². The predicted molar refractivity (Wildman–Crippen MR) is 124 cm³/mol. The van der Waals surface area contributed by atoms with E-state index in [0.29, 0.717) is 12.2 Å². The molecule has 0 saturated carbocycles. The monoisotopic (exact) mass is 431 g/mol. The van der Waals surface area contributed by atoms with Crippen molar-refractivity contribution in [3.63, 3.8) is 0 Å². The zero-order valence-corrected chi connectivity index (χ0v) is 17.4. The van der Waals surface area contributed by atoms with Gasteiger partial charge in [0.2, 0.25) is 0 Å². The van der Waals surface area contributed by atoms with Crippen LogP contribution < -0.4 is 4.18 Å². The van der Waals surface area contributed by atoms with Crippen molar-refractivity contribution in [1.82, 2.24) is 0 Å². The molecule has 0 aliphatic carbocycles. The molecule has 0 fully saturated rings. The largest absolute Gasteiger partial charge is 0.740 e. The van der Waals surface area contributed by atoms with Gasteiger partial charge in [-0.25, -0.2) is 4.21 Å². The first-order chi connectivity index (χ1) is 15.0. The minimum absolute atomic E-state index is 0.198. The Morgan fingerprint density at radius 3 is 2.03 bits per heavy atom. The van der Waals surface area contributed by atoms with Crippen molar-refractivity contribution >= 4 is 60.4 Å². The van der Waals surface area contributed by atoms with Crippen LogP contribution in [-0.2, 0) is 16.2 Å². The number of carboxylic acids is 1. The summed E-state index contributed by atoms with van der Waals surface area (Å²) < 4.78 is 27.4. The van der Waals surface area contributed by atoms with Gasteiger partial charge in [0.15, 0.2) is 0 Å². The van der Waals surface area contributed by atoms with Crippen LogP contribution in [0.2, 0.25) is 0 Å². The van der Waals surface area contributed by atoms with Gasteiger partial charge in [-0.1, -0.05) is 66.7 Å². The van der Waals surface area contributed by atoms with Crippen molar-refractivity contribution in [2.45, 2.75) is 12.8 Å². The van der Waals surface area contributed by atoms with Crippen molar-refractivity contribution in [2.75, 3.05) is 0 Å². The van der Waals surface area contributed by atoms with E-state index in [1.807, 2.05) is 30.3 Å². The zero-order chi connectivity index (χ0) is 22.0. The highest BCUT2D eigenvalue weighted by Crippen LogP contribution is 2.43. The molecular formula is C25H19O5S-. The summed E-state index contributed by atoms with van der Waals surface area (Å²) in [6, 6.07) is 22.1. The van der Waals surface area contributed by atoms with Gasteiger partial charge in [-0.3, -0.25) is 4.79 Å². The molecule has 5 rings (SSSR count). The average Bonchev–Trinajstić information content (AvgIpc) is 2.76. The molecule has 0 bridgehead atoms. The highest BCUT2D eigenvalue weighted by Gasteiger charge is 2.16. The standard InChI is InChI=1S/C20H12O3S.C5H8O2/c21-24(22)23-17-11-10-13-6-2-8-15-14-7-1-4-12-5-3-9-16(18(12)14)20(17)19(13)15;1-2-3-4-5(6)7/h1-11H,(H,21,22);2H,1,3-4H2,(H,6,7)/p-1. The van der Waals surface area contributed by atoms with Crippen LogP contribution in [0.3, 0.4) is 0 Å². The molecule has 5 aromatic carbocycles. The molecule has 5 nitrogen and oxygen atoms in total. The number of rotatable bonds is 5. The number of carbonyl (C=O) groups is 1. The van der Waals surface area contributed by atoms with Crippen molar-refractivity contribution in [3.05, 3.63) is 79.4 Å². The fourth-order valence-corrected chi connectivity index (χ4v) is 4.28. The van der Waals surface area contributed by atoms with E-state index in [2.05, 4.69) is 36.9 Å². The molecule has 0 heterocycles. The van der Waals surface area contributed by atoms with Gasteiger partial charge in [-0.2, -0.15) is 0 Å². The summed E-state index contributed by atoms with van der Waals surface area (Å²) >= 11 is -2.61. The molecule has 0 saturated heterocycles. The van der Waals surface area contributed by atoms with Gasteiger partial charge in [0.25, 0.3) is 0 Å². The Morgan fingerprint density at radius 1 is 0.903 bits per heavy atom. The van der Waals surface area contributed by atoms with Crippen LogP contribution in [0.1, 0.15) is 12.8 Å². The quantitative estimate of drug-likeness (QED) is 0.161. The lowest BCUT2D eigenvalue weighted by Crippen LogP contribution is -1.99. The molecule has 0 spiro atoms. The summed E-state index contributed by atoms with van der Waals surface area (Å²) in [4.78, 5) is 9.71. The maximum Gasteiger partial charge on any atom is 0.303 e. The lowest BCUT2D eigenvalue weighted by molar-refractivity contribution is -0.136. The van der Waals surface area contributed by atoms with Crippen molar-refractivity contribution in [3.8, 4) is 5.75 Å². The topological polar surface area (TPSA) is 86.7 Å². The Labute approximate surface area is 181 Å². The molecule has 1 N–H and O–H groups in total. The Bertz CT molecular complexity index is 1440. The second-order valence-corrected chi connectivity index (χ2v) is 7.64. The molecule has 0 radical (unpaired) electrons. The highest BCUT2D eigenvalue weighted by molar-refractivity contribution is 7.74. The van der Waals surface area contributed by atoms with Crippen molar-refractivity contribution < 1.29 is 22.8 Å². The number of aliphatic carboxylic acids is 1. The third-order valence-electron chi connectivity index (χ3n) is 5.19. The van der Waals surface area contributed by atoms with E-state index in [1.165, 1.54) is 5.39 Å². The first kappa shape index (κ1) is 20.8. The SMILES string of the molecule is C=CCCC(=O)O.O=S([O-])Oc1ccc2cccc3c4cccc5cccc(c1c23)c54. The van der Waals surface area contributed by atoms with Crippen LogP contribution in [0.4, 0.5) is 0 Å².